The van der Waals surface area contributed by atoms with Crippen LogP contribution in [0, 0.1) is 0 Å². The van der Waals surface area contributed by atoms with E-state index in [1.807, 2.05) is 29.2 Å². The number of nitrogens with zero attached hydrogens (tertiary/aromatic N) is 3. The van der Waals surface area contributed by atoms with Gasteiger partial charge in [0.2, 0.25) is 5.91 Å². The number of fused-ring (bicyclic) bond motifs is 2. The summed E-state index contributed by atoms with van der Waals surface area (Å²) in [6, 6.07) is 31.3. The van der Waals surface area contributed by atoms with Crippen molar-refractivity contribution < 1.29 is 9.53 Å². The first-order valence-corrected chi connectivity index (χ1v) is 14.2. The van der Waals surface area contributed by atoms with E-state index in [0.717, 1.165) is 53.1 Å². The van der Waals surface area contributed by atoms with Crippen molar-refractivity contribution in [3.63, 3.8) is 0 Å². The molecule has 1 aliphatic rings. The predicted octanol–water partition coefficient (Wildman–Crippen LogP) is 7.52. The smallest absolute Gasteiger partial charge is 0.227 e. The van der Waals surface area contributed by atoms with Crippen LogP contribution in [0.25, 0.3) is 21.8 Å². The number of aromatic nitrogens is 2. The Balaban J connectivity index is 1.18. The summed E-state index contributed by atoms with van der Waals surface area (Å²) in [5.41, 5.74) is 4.41. The molecule has 5 nitrogen and oxygen atoms in total. The fourth-order valence-corrected chi connectivity index (χ4v) is 5.72. The molecule has 5 heteroatoms. The van der Waals surface area contributed by atoms with Crippen molar-refractivity contribution in [2.45, 2.75) is 51.5 Å². The lowest BCUT2D eigenvalue weighted by atomic mass is 10.1. The van der Waals surface area contributed by atoms with Crippen molar-refractivity contribution in [3.8, 4) is 5.75 Å². The zero-order valence-electron chi connectivity index (χ0n) is 22.6. The van der Waals surface area contributed by atoms with E-state index in [1.54, 1.807) is 0 Å². The highest BCUT2D eigenvalue weighted by Gasteiger charge is 2.34. The van der Waals surface area contributed by atoms with E-state index in [9.17, 15) is 4.79 Å². The number of carbonyl (C=O) groups excluding carboxylic acids is 1. The summed E-state index contributed by atoms with van der Waals surface area (Å²) in [4.78, 5) is 20.1. The van der Waals surface area contributed by atoms with Crippen molar-refractivity contribution in [1.29, 1.82) is 0 Å². The maximum absolute atomic E-state index is 13.1. The van der Waals surface area contributed by atoms with Gasteiger partial charge in [0.25, 0.3) is 0 Å². The second-order valence-electron chi connectivity index (χ2n) is 10.5. The highest BCUT2D eigenvalue weighted by atomic mass is 16.5. The summed E-state index contributed by atoms with van der Waals surface area (Å²) in [5, 5.41) is 2.32. The molecule has 1 unspecified atom stereocenters. The molecule has 1 fully saturated rings. The maximum Gasteiger partial charge on any atom is 0.227 e. The van der Waals surface area contributed by atoms with Crippen molar-refractivity contribution in [2.75, 3.05) is 18.1 Å². The van der Waals surface area contributed by atoms with Crippen LogP contribution in [0.4, 0.5) is 5.69 Å². The first kappa shape index (κ1) is 25.2. The summed E-state index contributed by atoms with van der Waals surface area (Å²) < 4.78 is 8.53. The van der Waals surface area contributed by atoms with E-state index < -0.39 is 0 Å². The molecule has 1 aromatic heterocycles. The van der Waals surface area contributed by atoms with Crippen molar-refractivity contribution >= 4 is 33.4 Å². The van der Waals surface area contributed by atoms with Crippen LogP contribution in [-0.4, -0.2) is 28.6 Å². The molecule has 0 spiro atoms. The van der Waals surface area contributed by atoms with Gasteiger partial charge in [-0.3, -0.25) is 4.79 Å². The molecule has 39 heavy (non-hydrogen) atoms. The molecule has 6 rings (SSSR count). The summed E-state index contributed by atoms with van der Waals surface area (Å²) >= 11 is 0. The van der Waals surface area contributed by atoms with Gasteiger partial charge in [0, 0.05) is 36.5 Å². The van der Waals surface area contributed by atoms with E-state index in [2.05, 4.69) is 78.2 Å². The van der Waals surface area contributed by atoms with E-state index in [0.29, 0.717) is 19.6 Å². The van der Waals surface area contributed by atoms with Crippen LogP contribution in [0.2, 0.25) is 0 Å². The summed E-state index contributed by atoms with van der Waals surface area (Å²) in [7, 11) is 0. The molecule has 5 aromatic rings. The maximum atomic E-state index is 13.1. The fourth-order valence-electron chi connectivity index (χ4n) is 5.72. The SMILES string of the molecule is CCCCc1ccc(N2CC(c3nc4ccccc4n3CCCOc3cccc4ccccc34)CC2=O)cc1. The molecular formula is C34H35N3O2. The Labute approximate surface area is 230 Å². The third-order valence-corrected chi connectivity index (χ3v) is 7.77. The van der Waals surface area contributed by atoms with Gasteiger partial charge in [0.1, 0.15) is 11.6 Å². The average molecular weight is 518 g/mol. The number of ether oxygens (including phenoxy) is 1. The van der Waals surface area contributed by atoms with E-state index in [-0.39, 0.29) is 11.8 Å². The number of hydrogen-bond acceptors (Lipinski definition) is 3. The molecule has 198 valence electrons. The Morgan fingerprint density at radius 3 is 2.56 bits per heavy atom. The number of anilines is 1. The third-order valence-electron chi connectivity index (χ3n) is 7.77. The molecule has 4 aromatic carbocycles. The number of para-hydroxylation sites is 2. The number of aryl methyl sites for hydroxylation is 2. The normalized spacial score (nSPS) is 15.5. The highest BCUT2D eigenvalue weighted by molar-refractivity contribution is 5.96. The summed E-state index contributed by atoms with van der Waals surface area (Å²) in [6.45, 7) is 4.27. The third kappa shape index (κ3) is 5.26. The van der Waals surface area contributed by atoms with E-state index >= 15 is 0 Å². The first-order chi connectivity index (χ1) is 19.2. The molecule has 0 bridgehead atoms. The van der Waals surface area contributed by atoms with Crippen LogP contribution < -0.4 is 9.64 Å². The van der Waals surface area contributed by atoms with Gasteiger partial charge in [-0.2, -0.15) is 0 Å². The van der Waals surface area contributed by atoms with Gasteiger partial charge < -0.3 is 14.2 Å². The molecule has 1 atom stereocenters. The van der Waals surface area contributed by atoms with Gasteiger partial charge >= 0.3 is 0 Å². The lowest BCUT2D eigenvalue weighted by molar-refractivity contribution is -0.117. The van der Waals surface area contributed by atoms with Crippen LogP contribution in [0.15, 0.2) is 91.0 Å². The molecule has 0 radical (unpaired) electrons. The molecule has 0 saturated carbocycles. The quantitative estimate of drug-likeness (QED) is 0.180. The van der Waals surface area contributed by atoms with Crippen LogP contribution >= 0.6 is 0 Å². The molecule has 0 N–H and O–H groups in total. The van der Waals surface area contributed by atoms with Crippen LogP contribution in [0.1, 0.15) is 49.9 Å². The fraction of sp³-hybridized carbons (Fsp3) is 0.294. The number of imidazole rings is 1. The Hall–Kier alpha value is -4.12. The van der Waals surface area contributed by atoms with Crippen LogP contribution in [0.5, 0.6) is 5.75 Å². The second-order valence-corrected chi connectivity index (χ2v) is 10.5. The standard InChI is InChI=1S/C34H35N3O2/c1-2-3-10-25-17-19-28(20-18-25)37-24-27(23-33(37)38)34-35-30-14-6-7-15-31(30)36(34)21-9-22-39-32-16-8-12-26-11-4-5-13-29(26)32/h4-8,11-20,27H,2-3,9-10,21-24H2,1H3. The predicted molar refractivity (Wildman–Crippen MR) is 159 cm³/mol. The highest BCUT2D eigenvalue weighted by Crippen LogP contribution is 2.34. The van der Waals surface area contributed by atoms with Gasteiger partial charge in [0.05, 0.1) is 17.6 Å². The van der Waals surface area contributed by atoms with Crippen LogP contribution in [-0.2, 0) is 17.8 Å². The first-order valence-electron chi connectivity index (χ1n) is 14.2. The summed E-state index contributed by atoms with van der Waals surface area (Å²) in [6.07, 6.45) is 4.78. The second kappa shape index (κ2) is 11.3. The van der Waals surface area contributed by atoms with Gasteiger partial charge in [-0.05, 0) is 60.5 Å². The zero-order valence-corrected chi connectivity index (χ0v) is 22.6. The van der Waals surface area contributed by atoms with Gasteiger partial charge in [-0.1, -0.05) is 74.0 Å². The van der Waals surface area contributed by atoms with Crippen LogP contribution in [0.3, 0.4) is 0 Å². The number of amides is 1. The van der Waals surface area contributed by atoms with Crippen molar-refractivity contribution in [2.24, 2.45) is 0 Å². The summed E-state index contributed by atoms with van der Waals surface area (Å²) in [5.74, 6) is 2.14. The topological polar surface area (TPSA) is 47.4 Å². The average Bonchev–Trinajstić information content (AvgIpc) is 3.55. The molecular weight excluding hydrogens is 482 g/mol. The Bertz CT molecular complexity index is 1580. The number of benzene rings is 4. The zero-order chi connectivity index (χ0) is 26.6. The number of unbranched alkanes of at least 4 members (excludes halogenated alkanes) is 1. The lowest BCUT2D eigenvalue weighted by Gasteiger charge is -2.18. The monoisotopic (exact) mass is 517 g/mol. The molecule has 1 amide bonds. The van der Waals surface area contributed by atoms with Gasteiger partial charge in [-0.25, -0.2) is 4.98 Å². The largest absolute Gasteiger partial charge is 0.493 e. The minimum absolute atomic E-state index is 0.0589. The molecule has 0 aliphatic carbocycles. The number of rotatable bonds is 10. The lowest BCUT2D eigenvalue weighted by Crippen LogP contribution is -2.24. The van der Waals surface area contributed by atoms with Gasteiger partial charge in [-0.15, -0.1) is 0 Å². The van der Waals surface area contributed by atoms with E-state index in [1.165, 1.54) is 23.8 Å². The number of carbonyl (C=O) groups is 1. The number of hydrogen-bond donors (Lipinski definition) is 0. The molecule has 2 heterocycles. The van der Waals surface area contributed by atoms with Crippen molar-refractivity contribution in [3.05, 3.63) is 102 Å². The Morgan fingerprint density at radius 2 is 1.69 bits per heavy atom. The van der Waals surface area contributed by atoms with Gasteiger partial charge in [0.15, 0.2) is 0 Å². The molecule has 1 saturated heterocycles. The van der Waals surface area contributed by atoms with E-state index in [4.69, 9.17) is 9.72 Å². The Morgan fingerprint density at radius 1 is 0.897 bits per heavy atom. The minimum Gasteiger partial charge on any atom is -0.493 e. The van der Waals surface area contributed by atoms with Crippen molar-refractivity contribution in [1.82, 2.24) is 9.55 Å². The minimum atomic E-state index is 0.0589. The molecule has 1 aliphatic heterocycles. The Kier molecular flexibility index (Phi) is 7.31.